The topological polar surface area (TPSA) is 68.2 Å². The van der Waals surface area contributed by atoms with E-state index in [4.69, 9.17) is 24.4 Å². The first kappa shape index (κ1) is 16.6. The molecule has 0 aromatic carbocycles. The zero-order valence-corrected chi connectivity index (χ0v) is 11.7. The van der Waals surface area contributed by atoms with Gasteiger partial charge in [-0.2, -0.15) is 0 Å². The molecule has 2 N–H and O–H groups in total. The summed E-state index contributed by atoms with van der Waals surface area (Å²) in [6.45, 7) is 1.81. The highest BCUT2D eigenvalue weighted by Crippen LogP contribution is 2.38. The number of methoxy groups -OCH3 is 1. The van der Waals surface area contributed by atoms with Crippen LogP contribution in [-0.2, 0) is 14.2 Å². The predicted octanol–water partition coefficient (Wildman–Crippen LogP) is 0.949. The van der Waals surface area contributed by atoms with Gasteiger partial charge in [-0.25, -0.2) is 0 Å². The van der Waals surface area contributed by atoms with E-state index in [1.807, 2.05) is 0 Å². The summed E-state index contributed by atoms with van der Waals surface area (Å²) >= 11 is 0. The Morgan fingerprint density at radius 3 is 2.00 bits per heavy atom. The van der Waals surface area contributed by atoms with Gasteiger partial charge in [-0.1, -0.05) is 12.2 Å². The second-order valence-corrected chi connectivity index (χ2v) is 4.88. The molecular formula is C14H26O5. The Morgan fingerprint density at radius 2 is 1.58 bits per heavy atom. The molecule has 0 heterocycles. The first-order valence-electron chi connectivity index (χ1n) is 6.91. The number of aliphatic hydroxyl groups is 2. The van der Waals surface area contributed by atoms with Crippen LogP contribution in [0.5, 0.6) is 0 Å². The van der Waals surface area contributed by atoms with E-state index < -0.39 is 6.29 Å². The van der Waals surface area contributed by atoms with E-state index in [1.165, 1.54) is 19.3 Å². The number of aliphatic hydroxyl groups excluding tert-OH is 1. The van der Waals surface area contributed by atoms with Crippen molar-refractivity contribution in [2.75, 3.05) is 40.1 Å². The van der Waals surface area contributed by atoms with Crippen molar-refractivity contribution in [3.8, 4) is 0 Å². The van der Waals surface area contributed by atoms with E-state index in [9.17, 15) is 0 Å². The third-order valence-electron chi connectivity index (χ3n) is 3.24. The molecule has 1 saturated carbocycles. The van der Waals surface area contributed by atoms with Gasteiger partial charge in [0.1, 0.15) is 0 Å². The van der Waals surface area contributed by atoms with Crippen LogP contribution in [0.4, 0.5) is 0 Å². The largest absolute Gasteiger partial charge is 0.382 e. The molecule has 0 aromatic rings. The van der Waals surface area contributed by atoms with E-state index in [-0.39, 0.29) is 6.61 Å². The molecule has 5 nitrogen and oxygen atoms in total. The van der Waals surface area contributed by atoms with Crippen molar-refractivity contribution in [1.82, 2.24) is 0 Å². The average molecular weight is 274 g/mol. The fourth-order valence-corrected chi connectivity index (χ4v) is 2.27. The Labute approximate surface area is 115 Å². The van der Waals surface area contributed by atoms with Gasteiger partial charge in [0.25, 0.3) is 0 Å². The van der Waals surface area contributed by atoms with E-state index in [0.717, 1.165) is 11.8 Å². The van der Waals surface area contributed by atoms with Crippen molar-refractivity contribution in [2.45, 2.75) is 25.6 Å². The van der Waals surface area contributed by atoms with E-state index in [0.29, 0.717) is 26.4 Å². The van der Waals surface area contributed by atoms with Crippen molar-refractivity contribution in [3.63, 3.8) is 0 Å². The molecular weight excluding hydrogens is 248 g/mol. The molecule has 2 atom stereocenters. The maximum absolute atomic E-state index is 8.36. The van der Waals surface area contributed by atoms with Crippen molar-refractivity contribution in [2.24, 2.45) is 11.8 Å². The third kappa shape index (κ3) is 8.34. The minimum Gasteiger partial charge on any atom is -0.382 e. The van der Waals surface area contributed by atoms with Gasteiger partial charge in [-0.05, 0) is 31.1 Å². The van der Waals surface area contributed by atoms with Gasteiger partial charge >= 0.3 is 0 Å². The lowest BCUT2D eigenvalue weighted by molar-refractivity contribution is -0.101. The second-order valence-electron chi connectivity index (χ2n) is 4.88. The minimum absolute atomic E-state index is 0.0758. The van der Waals surface area contributed by atoms with Crippen LogP contribution in [0, 0.1) is 11.8 Å². The van der Waals surface area contributed by atoms with Gasteiger partial charge in [0.2, 0.25) is 0 Å². The fraction of sp³-hybridized carbons (Fsp3) is 0.857. The van der Waals surface area contributed by atoms with Crippen LogP contribution < -0.4 is 0 Å². The molecule has 2 unspecified atom stereocenters. The third-order valence-corrected chi connectivity index (χ3v) is 3.24. The Kier molecular flexibility index (Phi) is 9.03. The van der Waals surface area contributed by atoms with Gasteiger partial charge in [0, 0.05) is 7.11 Å². The smallest absolute Gasteiger partial charge is 0.175 e. The summed E-state index contributed by atoms with van der Waals surface area (Å²) in [5.74, 6) is 1.98. The summed E-state index contributed by atoms with van der Waals surface area (Å²) < 4.78 is 14.6. The van der Waals surface area contributed by atoms with Crippen LogP contribution in [0.1, 0.15) is 19.3 Å². The van der Waals surface area contributed by atoms with Gasteiger partial charge in [-0.3, -0.25) is 0 Å². The maximum atomic E-state index is 8.36. The molecule has 0 spiro atoms. The molecule has 2 rings (SSSR count). The molecule has 0 aromatic heterocycles. The molecule has 0 amide bonds. The summed E-state index contributed by atoms with van der Waals surface area (Å²) in [5.41, 5.74) is 0. The first-order chi connectivity index (χ1) is 9.22. The Hall–Kier alpha value is -0.460. The quantitative estimate of drug-likeness (QED) is 0.392. The number of rotatable bonds is 8. The first-order valence-corrected chi connectivity index (χ1v) is 6.91. The highest BCUT2D eigenvalue weighted by Gasteiger charge is 2.25. The minimum atomic E-state index is -1.40. The van der Waals surface area contributed by atoms with Gasteiger partial charge in [-0.15, -0.1) is 0 Å². The summed E-state index contributed by atoms with van der Waals surface area (Å²) in [6.07, 6.45) is 7.79. The summed E-state index contributed by atoms with van der Waals surface area (Å²) in [6, 6.07) is 0. The number of fused-ring (bicyclic) bond motifs is 2. The molecule has 2 aliphatic rings. The standard InChI is InChI=1S/C7H16O5.C7H10/c1-10-2-3-11-4-5-12-6-7(8)9;1-2-7-4-3-6(1)5-7/h7-9H,2-6H2,1H3;1-2,6-7H,3-5H2. The summed E-state index contributed by atoms with van der Waals surface area (Å²) in [7, 11) is 1.60. The van der Waals surface area contributed by atoms with Gasteiger partial charge in [0.15, 0.2) is 6.29 Å². The SMILES string of the molecule is C1=CC2CCC1C2.COCCOCCOCC(O)O. The zero-order chi connectivity index (χ0) is 13.9. The van der Waals surface area contributed by atoms with Gasteiger partial charge in [0.05, 0.1) is 33.0 Å². The lowest BCUT2D eigenvalue weighted by atomic mass is 10.1. The number of ether oxygens (including phenoxy) is 3. The predicted molar refractivity (Wildman–Crippen MR) is 71.7 cm³/mol. The van der Waals surface area contributed by atoms with Crippen molar-refractivity contribution < 1.29 is 24.4 Å². The molecule has 0 saturated heterocycles. The molecule has 112 valence electrons. The van der Waals surface area contributed by atoms with Crippen LogP contribution in [-0.4, -0.2) is 56.6 Å². The van der Waals surface area contributed by atoms with Crippen molar-refractivity contribution in [1.29, 1.82) is 0 Å². The lowest BCUT2D eigenvalue weighted by Gasteiger charge is -2.05. The van der Waals surface area contributed by atoms with E-state index in [1.54, 1.807) is 7.11 Å². The zero-order valence-electron chi connectivity index (χ0n) is 11.7. The van der Waals surface area contributed by atoms with Crippen LogP contribution in [0.25, 0.3) is 0 Å². The van der Waals surface area contributed by atoms with E-state index in [2.05, 4.69) is 12.2 Å². The molecule has 0 radical (unpaired) electrons. The fourth-order valence-electron chi connectivity index (χ4n) is 2.27. The highest BCUT2D eigenvalue weighted by atomic mass is 16.6. The Morgan fingerprint density at radius 1 is 1.00 bits per heavy atom. The van der Waals surface area contributed by atoms with E-state index >= 15 is 0 Å². The number of hydrogen-bond acceptors (Lipinski definition) is 5. The second kappa shape index (κ2) is 10.3. The van der Waals surface area contributed by atoms with Gasteiger partial charge < -0.3 is 24.4 Å². The van der Waals surface area contributed by atoms with Crippen LogP contribution in [0.3, 0.4) is 0 Å². The normalized spacial score (nSPS) is 23.8. The Balaban J connectivity index is 0.000000213. The average Bonchev–Trinajstić information content (AvgIpc) is 3.03. The number of allylic oxidation sites excluding steroid dienone is 2. The lowest BCUT2D eigenvalue weighted by Crippen LogP contribution is -2.16. The Bertz CT molecular complexity index is 230. The monoisotopic (exact) mass is 274 g/mol. The molecule has 2 aliphatic carbocycles. The van der Waals surface area contributed by atoms with Crippen molar-refractivity contribution >= 4 is 0 Å². The maximum Gasteiger partial charge on any atom is 0.175 e. The highest BCUT2D eigenvalue weighted by molar-refractivity contribution is 5.06. The molecule has 5 heteroatoms. The van der Waals surface area contributed by atoms with Crippen LogP contribution >= 0.6 is 0 Å². The summed E-state index contributed by atoms with van der Waals surface area (Å²) in [4.78, 5) is 0. The molecule has 2 bridgehead atoms. The number of hydrogen-bond donors (Lipinski definition) is 2. The molecule has 1 fully saturated rings. The summed E-state index contributed by atoms with van der Waals surface area (Å²) in [5, 5.41) is 16.7. The molecule has 19 heavy (non-hydrogen) atoms. The molecule has 0 aliphatic heterocycles. The van der Waals surface area contributed by atoms with Crippen LogP contribution in [0.2, 0.25) is 0 Å². The van der Waals surface area contributed by atoms with Crippen molar-refractivity contribution in [3.05, 3.63) is 12.2 Å². The van der Waals surface area contributed by atoms with Crippen LogP contribution in [0.15, 0.2) is 12.2 Å².